The predicted octanol–water partition coefficient (Wildman–Crippen LogP) is 2.48. The lowest BCUT2D eigenvalue weighted by Gasteiger charge is -2.37. The van der Waals surface area contributed by atoms with Crippen molar-refractivity contribution < 1.29 is 18.7 Å². The number of likely N-dealkylation sites (tertiary alicyclic amines) is 1. The van der Waals surface area contributed by atoms with E-state index in [1.807, 2.05) is 0 Å². The van der Waals surface area contributed by atoms with E-state index in [-0.39, 0.29) is 34.5 Å². The summed E-state index contributed by atoms with van der Waals surface area (Å²) in [5.74, 6) is -0.202. The minimum Gasteiger partial charge on any atom is -0.379 e. The largest absolute Gasteiger partial charge is 0.379 e. The Balaban J connectivity index is 1.73. The number of benzene rings is 1. The van der Waals surface area contributed by atoms with Crippen molar-refractivity contribution in [3.8, 4) is 0 Å². The topological polar surface area (TPSA) is 58.6 Å². The highest BCUT2D eigenvalue weighted by Gasteiger charge is 2.44. The number of carbonyl (C=O) groups is 2. The van der Waals surface area contributed by atoms with Crippen molar-refractivity contribution in [1.29, 1.82) is 0 Å². The normalized spacial score (nSPS) is 28.6. The van der Waals surface area contributed by atoms with Crippen molar-refractivity contribution in [2.75, 3.05) is 20.2 Å². The molecule has 0 aromatic heterocycles. The number of hydrogen-bond donors (Lipinski definition) is 1. The maximum atomic E-state index is 13.5. The maximum Gasteiger partial charge on any atom is 0.255 e. The Hall–Kier alpha value is -1.66. The zero-order chi connectivity index (χ0) is 18.1. The van der Waals surface area contributed by atoms with E-state index in [2.05, 4.69) is 5.32 Å². The Morgan fingerprint density at radius 1 is 1.28 bits per heavy atom. The third-order valence-corrected chi connectivity index (χ3v) is 5.58. The lowest BCUT2D eigenvalue weighted by Crippen LogP contribution is -2.49. The SMILES string of the molecule is CO[C@@H]1C[C@H]2CN(C(=O)c3cc(F)ccc3Cl)C[C@H]2C[C@H]1NC(C)=O. The molecule has 1 heterocycles. The molecule has 4 atom stereocenters. The smallest absolute Gasteiger partial charge is 0.255 e. The summed E-state index contributed by atoms with van der Waals surface area (Å²) in [6.45, 7) is 2.68. The number of methoxy groups -OCH3 is 1. The van der Waals surface area contributed by atoms with Gasteiger partial charge in [-0.2, -0.15) is 0 Å². The summed E-state index contributed by atoms with van der Waals surface area (Å²) in [6, 6.07) is 3.78. The van der Waals surface area contributed by atoms with E-state index in [1.54, 1.807) is 12.0 Å². The van der Waals surface area contributed by atoms with E-state index in [9.17, 15) is 14.0 Å². The van der Waals surface area contributed by atoms with E-state index in [4.69, 9.17) is 16.3 Å². The summed E-state index contributed by atoms with van der Waals surface area (Å²) in [4.78, 5) is 25.9. The van der Waals surface area contributed by atoms with Crippen LogP contribution in [0.25, 0.3) is 0 Å². The molecule has 3 rings (SSSR count). The van der Waals surface area contributed by atoms with E-state index in [0.29, 0.717) is 24.9 Å². The number of rotatable bonds is 3. The fraction of sp³-hybridized carbons (Fsp3) is 0.556. The highest BCUT2D eigenvalue weighted by molar-refractivity contribution is 6.33. The van der Waals surface area contributed by atoms with Gasteiger partial charge in [-0.05, 0) is 42.9 Å². The molecule has 5 nitrogen and oxygen atoms in total. The van der Waals surface area contributed by atoms with Gasteiger partial charge in [0, 0.05) is 27.1 Å². The molecule has 1 saturated carbocycles. The summed E-state index contributed by atoms with van der Waals surface area (Å²) < 4.78 is 19.0. The van der Waals surface area contributed by atoms with Gasteiger partial charge in [-0.1, -0.05) is 11.6 Å². The zero-order valence-corrected chi connectivity index (χ0v) is 15.1. The minimum absolute atomic E-state index is 0.0449. The van der Waals surface area contributed by atoms with Gasteiger partial charge < -0.3 is 15.0 Å². The molecule has 2 amide bonds. The van der Waals surface area contributed by atoms with Gasteiger partial charge in [-0.15, -0.1) is 0 Å². The van der Waals surface area contributed by atoms with Gasteiger partial charge in [0.2, 0.25) is 5.91 Å². The van der Waals surface area contributed by atoms with Gasteiger partial charge in [0.1, 0.15) is 5.82 Å². The zero-order valence-electron chi connectivity index (χ0n) is 14.3. The first-order valence-corrected chi connectivity index (χ1v) is 8.81. The Morgan fingerprint density at radius 2 is 1.96 bits per heavy atom. The van der Waals surface area contributed by atoms with Crippen LogP contribution < -0.4 is 5.32 Å². The fourth-order valence-corrected chi connectivity index (χ4v) is 4.28. The number of ether oxygens (including phenoxy) is 1. The molecule has 0 unspecified atom stereocenters. The van der Waals surface area contributed by atoms with Crippen LogP contribution in [0.4, 0.5) is 4.39 Å². The van der Waals surface area contributed by atoms with Gasteiger partial charge in [0.15, 0.2) is 0 Å². The van der Waals surface area contributed by atoms with E-state index < -0.39 is 5.82 Å². The van der Waals surface area contributed by atoms with Crippen LogP contribution in [-0.4, -0.2) is 49.1 Å². The average molecular weight is 369 g/mol. The van der Waals surface area contributed by atoms with Crippen LogP contribution in [0.3, 0.4) is 0 Å². The van der Waals surface area contributed by atoms with E-state index >= 15 is 0 Å². The average Bonchev–Trinajstić information content (AvgIpc) is 2.98. The Labute approximate surface area is 151 Å². The molecule has 2 fully saturated rings. The molecule has 1 aromatic carbocycles. The molecule has 1 aromatic rings. The number of halogens is 2. The van der Waals surface area contributed by atoms with Gasteiger partial charge in [0.05, 0.1) is 22.7 Å². The molecule has 7 heteroatoms. The first-order chi connectivity index (χ1) is 11.9. The summed E-state index contributed by atoms with van der Waals surface area (Å²) in [7, 11) is 1.64. The van der Waals surface area contributed by atoms with Gasteiger partial charge in [-0.3, -0.25) is 9.59 Å². The lowest BCUT2D eigenvalue weighted by atomic mass is 9.77. The van der Waals surface area contributed by atoms with Crippen LogP contribution >= 0.6 is 11.6 Å². The summed E-state index contributed by atoms with van der Waals surface area (Å²) in [6.07, 6.45) is 1.49. The standard InChI is InChI=1S/C18H22ClFN2O3/c1-10(23)21-16-5-11-8-22(9-12(11)6-17(16)25-2)18(24)14-7-13(20)3-4-15(14)19/h3-4,7,11-12,16-17H,5-6,8-9H2,1-2H3,(H,21,23)/t11-,12+,16-,17-/m1/s1. The summed E-state index contributed by atoms with van der Waals surface area (Å²) >= 11 is 6.07. The summed E-state index contributed by atoms with van der Waals surface area (Å²) in [5, 5.41) is 3.21. The van der Waals surface area contributed by atoms with Crippen LogP contribution in [0.1, 0.15) is 30.1 Å². The Morgan fingerprint density at radius 3 is 2.60 bits per heavy atom. The lowest BCUT2D eigenvalue weighted by molar-refractivity contribution is -0.121. The van der Waals surface area contributed by atoms with Crippen LogP contribution in [0, 0.1) is 17.7 Å². The van der Waals surface area contributed by atoms with Crippen LogP contribution in [0.5, 0.6) is 0 Å². The molecule has 2 aliphatic rings. The van der Waals surface area contributed by atoms with E-state index in [1.165, 1.54) is 25.1 Å². The number of nitrogens with one attached hydrogen (secondary N) is 1. The molecule has 136 valence electrons. The third kappa shape index (κ3) is 3.80. The second-order valence-electron chi connectivity index (χ2n) is 6.91. The van der Waals surface area contributed by atoms with Gasteiger partial charge in [-0.25, -0.2) is 4.39 Å². The highest BCUT2D eigenvalue weighted by Crippen LogP contribution is 2.38. The first-order valence-electron chi connectivity index (χ1n) is 8.43. The molecular weight excluding hydrogens is 347 g/mol. The van der Waals surface area contributed by atoms with Crippen molar-refractivity contribution in [3.05, 3.63) is 34.6 Å². The number of amides is 2. The third-order valence-electron chi connectivity index (χ3n) is 5.25. The highest BCUT2D eigenvalue weighted by atomic mass is 35.5. The number of nitrogens with zero attached hydrogens (tertiary/aromatic N) is 1. The fourth-order valence-electron chi connectivity index (χ4n) is 4.08. The molecular formula is C18H22ClFN2O3. The monoisotopic (exact) mass is 368 g/mol. The Kier molecular flexibility index (Phi) is 5.29. The molecule has 1 aliphatic carbocycles. The predicted molar refractivity (Wildman–Crippen MR) is 91.9 cm³/mol. The molecule has 25 heavy (non-hydrogen) atoms. The van der Waals surface area contributed by atoms with Gasteiger partial charge in [0.25, 0.3) is 5.91 Å². The molecule has 0 spiro atoms. The van der Waals surface area contributed by atoms with Gasteiger partial charge >= 0.3 is 0 Å². The molecule has 1 aliphatic heterocycles. The molecule has 1 N–H and O–H groups in total. The second-order valence-corrected chi connectivity index (χ2v) is 7.31. The first kappa shape index (κ1) is 18.1. The van der Waals surface area contributed by atoms with Crippen molar-refractivity contribution in [2.24, 2.45) is 11.8 Å². The molecule has 0 radical (unpaired) electrons. The van der Waals surface area contributed by atoms with Crippen molar-refractivity contribution >= 4 is 23.4 Å². The number of fused-ring (bicyclic) bond motifs is 1. The number of hydrogen-bond acceptors (Lipinski definition) is 3. The second kappa shape index (κ2) is 7.30. The number of carbonyl (C=O) groups excluding carboxylic acids is 2. The maximum absolute atomic E-state index is 13.5. The quantitative estimate of drug-likeness (QED) is 0.891. The van der Waals surface area contributed by atoms with Crippen molar-refractivity contribution in [2.45, 2.75) is 31.9 Å². The van der Waals surface area contributed by atoms with Crippen LogP contribution in [0.15, 0.2) is 18.2 Å². The van der Waals surface area contributed by atoms with Crippen LogP contribution in [0.2, 0.25) is 5.02 Å². The van der Waals surface area contributed by atoms with E-state index in [0.717, 1.165) is 12.8 Å². The molecule has 1 saturated heterocycles. The van der Waals surface area contributed by atoms with Crippen molar-refractivity contribution in [3.63, 3.8) is 0 Å². The minimum atomic E-state index is -0.477. The van der Waals surface area contributed by atoms with Crippen LogP contribution in [-0.2, 0) is 9.53 Å². The Bertz CT molecular complexity index is 684. The molecule has 0 bridgehead atoms. The summed E-state index contributed by atoms with van der Waals surface area (Å²) in [5.41, 5.74) is 0.196. The van der Waals surface area contributed by atoms with Crippen molar-refractivity contribution in [1.82, 2.24) is 10.2 Å².